The second kappa shape index (κ2) is 7.19. The summed E-state index contributed by atoms with van der Waals surface area (Å²) in [6.45, 7) is 2.87. The number of nitrogens with one attached hydrogen (secondary N) is 1. The summed E-state index contributed by atoms with van der Waals surface area (Å²) < 4.78 is 6.14. The fraction of sp³-hybridized carbons (Fsp3) is 0.308. The van der Waals surface area contributed by atoms with Gasteiger partial charge in [-0.2, -0.15) is 0 Å². The first-order valence-corrected chi connectivity index (χ1v) is 8.37. The van der Waals surface area contributed by atoms with Crippen LogP contribution in [0.2, 0.25) is 0 Å². The molecule has 3 nitrogen and oxygen atoms in total. The van der Waals surface area contributed by atoms with E-state index in [2.05, 4.69) is 21.2 Å². The third-order valence-electron chi connectivity index (χ3n) is 2.46. The summed E-state index contributed by atoms with van der Waals surface area (Å²) in [7, 11) is 0. The number of esters is 1. The Morgan fingerprint density at radius 3 is 2.89 bits per heavy atom. The van der Waals surface area contributed by atoms with E-state index in [9.17, 15) is 4.79 Å². The molecule has 0 spiro atoms. The molecule has 2 rings (SSSR count). The Bertz CT molecular complexity index is 524. The summed E-state index contributed by atoms with van der Waals surface area (Å²) in [6.07, 6.45) is 0. The second-order valence-electron chi connectivity index (χ2n) is 3.79. The highest BCUT2D eigenvalue weighted by molar-refractivity contribution is 9.11. The molecule has 0 bridgehead atoms. The molecule has 102 valence electrons. The Hall–Kier alpha value is -0.690. The van der Waals surface area contributed by atoms with E-state index in [-0.39, 0.29) is 5.97 Å². The topological polar surface area (TPSA) is 38.3 Å². The molecule has 0 aromatic carbocycles. The van der Waals surface area contributed by atoms with Crippen molar-refractivity contribution >= 4 is 44.6 Å². The number of thiophene rings is 2. The number of hydrogen-bond acceptors (Lipinski definition) is 5. The molecule has 2 aromatic rings. The van der Waals surface area contributed by atoms with Gasteiger partial charge in [0.2, 0.25) is 0 Å². The number of hydrogen-bond donors (Lipinski definition) is 1. The lowest BCUT2D eigenvalue weighted by molar-refractivity contribution is -0.145. The zero-order valence-corrected chi connectivity index (χ0v) is 13.6. The number of halogens is 1. The summed E-state index contributed by atoms with van der Waals surface area (Å²) in [6, 6.07) is 7.53. The summed E-state index contributed by atoms with van der Waals surface area (Å²) in [5, 5.41) is 5.29. The van der Waals surface area contributed by atoms with Crippen molar-refractivity contribution in [3.05, 3.63) is 43.2 Å². The fourth-order valence-electron chi connectivity index (χ4n) is 1.62. The van der Waals surface area contributed by atoms with Gasteiger partial charge in [-0.3, -0.25) is 5.32 Å². The van der Waals surface area contributed by atoms with Gasteiger partial charge >= 0.3 is 5.97 Å². The van der Waals surface area contributed by atoms with E-state index >= 15 is 0 Å². The molecule has 0 fully saturated rings. The van der Waals surface area contributed by atoms with Gasteiger partial charge in [0, 0.05) is 16.3 Å². The lowest BCUT2D eigenvalue weighted by Crippen LogP contribution is -2.29. The predicted molar refractivity (Wildman–Crippen MR) is 82.6 cm³/mol. The molecule has 1 atom stereocenters. The fourth-order valence-corrected chi connectivity index (χ4v) is 3.77. The highest BCUT2D eigenvalue weighted by Crippen LogP contribution is 2.28. The molecule has 1 N–H and O–H groups in total. The lowest BCUT2D eigenvalue weighted by atomic mass is 10.2. The highest BCUT2D eigenvalue weighted by atomic mass is 79.9. The van der Waals surface area contributed by atoms with Crippen molar-refractivity contribution in [1.29, 1.82) is 0 Å². The van der Waals surface area contributed by atoms with Gasteiger partial charge in [-0.15, -0.1) is 22.7 Å². The molecule has 0 aliphatic heterocycles. The molecule has 19 heavy (non-hydrogen) atoms. The number of carbonyl (C=O) groups is 1. The molecule has 6 heteroatoms. The standard InChI is InChI=1S/C13H14BrNO2S2/c1-2-17-13(16)12(10-5-6-11(14)19-10)15-8-9-4-3-7-18-9/h3-7,12,15H,2,8H2,1H3. The third kappa shape index (κ3) is 4.14. The molecular weight excluding hydrogens is 346 g/mol. The Morgan fingerprint density at radius 2 is 2.32 bits per heavy atom. The van der Waals surface area contributed by atoms with Crippen LogP contribution in [0.5, 0.6) is 0 Å². The Kier molecular flexibility index (Phi) is 5.57. The first kappa shape index (κ1) is 14.7. The molecule has 0 amide bonds. The van der Waals surface area contributed by atoms with Crippen molar-refractivity contribution in [3.8, 4) is 0 Å². The molecule has 2 aromatic heterocycles. The zero-order valence-electron chi connectivity index (χ0n) is 10.4. The maximum absolute atomic E-state index is 12.0. The van der Waals surface area contributed by atoms with E-state index < -0.39 is 6.04 Å². The first-order chi connectivity index (χ1) is 9.20. The molecule has 1 unspecified atom stereocenters. The molecule has 0 saturated carbocycles. The highest BCUT2D eigenvalue weighted by Gasteiger charge is 2.23. The van der Waals surface area contributed by atoms with Crippen LogP contribution in [0.1, 0.15) is 22.7 Å². The SMILES string of the molecule is CCOC(=O)C(NCc1cccs1)c1ccc(Br)s1. The number of ether oxygens (including phenoxy) is 1. The summed E-state index contributed by atoms with van der Waals surface area (Å²) in [5.41, 5.74) is 0. The van der Waals surface area contributed by atoms with Crippen LogP contribution in [0.15, 0.2) is 33.4 Å². The lowest BCUT2D eigenvalue weighted by Gasteiger charge is -2.15. The van der Waals surface area contributed by atoms with Gasteiger partial charge < -0.3 is 4.74 Å². The van der Waals surface area contributed by atoms with Gasteiger partial charge in [0.05, 0.1) is 10.4 Å². The van der Waals surface area contributed by atoms with Crippen LogP contribution < -0.4 is 5.32 Å². The quantitative estimate of drug-likeness (QED) is 0.793. The zero-order chi connectivity index (χ0) is 13.7. The van der Waals surface area contributed by atoms with E-state index in [1.54, 1.807) is 22.7 Å². The van der Waals surface area contributed by atoms with Gasteiger partial charge in [-0.1, -0.05) is 6.07 Å². The van der Waals surface area contributed by atoms with Crippen LogP contribution in [-0.2, 0) is 16.1 Å². The van der Waals surface area contributed by atoms with Crippen LogP contribution in [-0.4, -0.2) is 12.6 Å². The largest absolute Gasteiger partial charge is 0.465 e. The van der Waals surface area contributed by atoms with Crippen molar-refractivity contribution in [2.45, 2.75) is 19.5 Å². The minimum Gasteiger partial charge on any atom is -0.465 e. The van der Waals surface area contributed by atoms with Gasteiger partial charge in [-0.25, -0.2) is 4.79 Å². The van der Waals surface area contributed by atoms with E-state index in [1.807, 2.05) is 36.6 Å². The first-order valence-electron chi connectivity index (χ1n) is 5.88. The molecule has 0 saturated heterocycles. The average Bonchev–Trinajstić information content (AvgIpc) is 3.02. The molecule has 2 heterocycles. The average molecular weight is 360 g/mol. The van der Waals surface area contributed by atoms with Crippen LogP contribution in [0.25, 0.3) is 0 Å². The van der Waals surface area contributed by atoms with E-state index in [0.717, 1.165) is 8.66 Å². The van der Waals surface area contributed by atoms with Gasteiger partial charge in [-0.05, 0) is 46.4 Å². The molecule has 0 aliphatic carbocycles. The third-order valence-corrected chi connectivity index (χ3v) is 5.03. The van der Waals surface area contributed by atoms with E-state index in [4.69, 9.17) is 4.74 Å². The van der Waals surface area contributed by atoms with Crippen LogP contribution in [0, 0.1) is 0 Å². The Labute approximate surface area is 128 Å². The van der Waals surface area contributed by atoms with E-state index in [0.29, 0.717) is 13.2 Å². The van der Waals surface area contributed by atoms with Crippen molar-refractivity contribution in [3.63, 3.8) is 0 Å². The van der Waals surface area contributed by atoms with Crippen molar-refractivity contribution in [2.75, 3.05) is 6.61 Å². The monoisotopic (exact) mass is 359 g/mol. The Morgan fingerprint density at radius 1 is 1.47 bits per heavy atom. The molecular formula is C13H14BrNO2S2. The van der Waals surface area contributed by atoms with Gasteiger partial charge in [0.15, 0.2) is 0 Å². The minimum absolute atomic E-state index is 0.228. The second-order valence-corrected chi connectivity index (χ2v) is 7.31. The van der Waals surface area contributed by atoms with Crippen LogP contribution >= 0.6 is 38.6 Å². The summed E-state index contributed by atoms with van der Waals surface area (Å²) in [4.78, 5) is 14.2. The maximum Gasteiger partial charge on any atom is 0.328 e. The normalized spacial score (nSPS) is 12.3. The van der Waals surface area contributed by atoms with Gasteiger partial charge in [0.1, 0.15) is 6.04 Å². The van der Waals surface area contributed by atoms with Crippen molar-refractivity contribution in [1.82, 2.24) is 5.32 Å². The maximum atomic E-state index is 12.0. The van der Waals surface area contributed by atoms with Crippen LogP contribution in [0.3, 0.4) is 0 Å². The van der Waals surface area contributed by atoms with Gasteiger partial charge in [0.25, 0.3) is 0 Å². The predicted octanol–water partition coefficient (Wildman–Crippen LogP) is 3.97. The van der Waals surface area contributed by atoms with Crippen molar-refractivity contribution < 1.29 is 9.53 Å². The van der Waals surface area contributed by atoms with Crippen molar-refractivity contribution in [2.24, 2.45) is 0 Å². The molecule has 0 radical (unpaired) electrons. The number of rotatable bonds is 6. The minimum atomic E-state index is -0.404. The molecule has 0 aliphatic rings. The summed E-state index contributed by atoms with van der Waals surface area (Å²) >= 11 is 6.63. The Balaban J connectivity index is 2.07. The van der Waals surface area contributed by atoms with Crippen LogP contribution in [0.4, 0.5) is 0 Å². The van der Waals surface area contributed by atoms with E-state index in [1.165, 1.54) is 4.88 Å². The smallest absolute Gasteiger partial charge is 0.328 e. The number of carbonyl (C=O) groups excluding carboxylic acids is 1. The summed E-state index contributed by atoms with van der Waals surface area (Å²) in [5.74, 6) is -0.228.